The molecule has 1 fully saturated rings. The van der Waals surface area contributed by atoms with Crippen LogP contribution in [-0.2, 0) is 20.7 Å². The Balaban J connectivity index is 1.96. The summed E-state index contributed by atoms with van der Waals surface area (Å²) in [5.74, 6) is -0.963. The number of unbranched alkanes of at least 4 members (excludes halogenated alkanes) is 1. The number of aliphatic hydroxyl groups excluding tert-OH is 1. The Morgan fingerprint density at radius 1 is 1.20 bits per heavy atom. The predicted molar refractivity (Wildman–Crippen MR) is 130 cm³/mol. The molecule has 2 aromatic rings. The standard InChI is InChI=1S/C27H35NO7/c1-16(2)24-27(4,5)35-26(32)28(24)25(31)23(33-6)22(30)21-15-19(18-11-9-10-17(3)14-18)20(34-21)12-7-8-13-29/h9-11,14-16,23-24,29H,7-8,12-13H2,1-6H3. The van der Waals surface area contributed by atoms with E-state index in [1.54, 1.807) is 19.9 Å². The van der Waals surface area contributed by atoms with E-state index < -0.39 is 35.5 Å². The molecule has 35 heavy (non-hydrogen) atoms. The SMILES string of the molecule is COC(C(=O)c1cc(-c2cccc(C)c2)c(CCCCO)o1)C(=O)N1C(=O)OC(C)(C)C1C(C)C. The summed E-state index contributed by atoms with van der Waals surface area (Å²) >= 11 is 0. The van der Waals surface area contributed by atoms with Crippen molar-refractivity contribution in [1.29, 1.82) is 0 Å². The molecule has 2 heterocycles. The van der Waals surface area contributed by atoms with Crippen LogP contribution in [0.15, 0.2) is 34.7 Å². The third-order valence-electron chi connectivity index (χ3n) is 6.30. The van der Waals surface area contributed by atoms with Gasteiger partial charge < -0.3 is 19.0 Å². The topological polar surface area (TPSA) is 106 Å². The van der Waals surface area contributed by atoms with Gasteiger partial charge in [0.25, 0.3) is 5.91 Å². The van der Waals surface area contributed by atoms with Crippen molar-refractivity contribution >= 4 is 17.8 Å². The van der Waals surface area contributed by atoms with Crippen molar-refractivity contribution in [1.82, 2.24) is 4.90 Å². The van der Waals surface area contributed by atoms with Crippen LogP contribution < -0.4 is 0 Å². The Morgan fingerprint density at radius 3 is 2.51 bits per heavy atom. The van der Waals surface area contributed by atoms with Crippen LogP contribution in [0.5, 0.6) is 0 Å². The number of hydrogen-bond donors (Lipinski definition) is 1. The van der Waals surface area contributed by atoms with Gasteiger partial charge in [-0.15, -0.1) is 0 Å². The van der Waals surface area contributed by atoms with Gasteiger partial charge in [0.15, 0.2) is 5.76 Å². The van der Waals surface area contributed by atoms with Gasteiger partial charge in [-0.25, -0.2) is 9.69 Å². The number of carbonyl (C=O) groups excluding carboxylic acids is 3. The van der Waals surface area contributed by atoms with Crippen LogP contribution in [0.4, 0.5) is 4.79 Å². The molecular weight excluding hydrogens is 450 g/mol. The maximum absolute atomic E-state index is 13.5. The number of cyclic esters (lactones) is 1. The summed E-state index contributed by atoms with van der Waals surface area (Å²) in [6, 6.07) is 8.88. The average Bonchev–Trinajstić information content (AvgIpc) is 3.31. The Hall–Kier alpha value is -2.97. The van der Waals surface area contributed by atoms with Gasteiger partial charge in [0.1, 0.15) is 11.4 Å². The van der Waals surface area contributed by atoms with E-state index >= 15 is 0 Å². The number of benzene rings is 1. The van der Waals surface area contributed by atoms with Gasteiger partial charge in [-0.05, 0) is 51.2 Å². The van der Waals surface area contributed by atoms with Crippen molar-refractivity contribution in [3.63, 3.8) is 0 Å². The van der Waals surface area contributed by atoms with Crippen molar-refractivity contribution < 1.29 is 33.4 Å². The minimum absolute atomic E-state index is 0.0198. The zero-order chi connectivity index (χ0) is 25.9. The molecular formula is C27H35NO7. The van der Waals surface area contributed by atoms with Crippen molar-refractivity contribution in [2.24, 2.45) is 5.92 Å². The van der Waals surface area contributed by atoms with E-state index in [-0.39, 0.29) is 18.3 Å². The van der Waals surface area contributed by atoms with Gasteiger partial charge in [0, 0.05) is 25.7 Å². The molecule has 0 radical (unpaired) electrons. The van der Waals surface area contributed by atoms with Crippen LogP contribution in [0.1, 0.15) is 62.4 Å². The first kappa shape index (κ1) is 26.6. The number of hydrogen-bond acceptors (Lipinski definition) is 7. The van der Waals surface area contributed by atoms with Crippen LogP contribution in [0.2, 0.25) is 0 Å². The average molecular weight is 486 g/mol. The van der Waals surface area contributed by atoms with E-state index in [4.69, 9.17) is 19.0 Å². The number of aliphatic hydroxyl groups is 1. The summed E-state index contributed by atoms with van der Waals surface area (Å²) in [5, 5.41) is 9.17. The Kier molecular flexibility index (Phi) is 8.18. The molecule has 1 aliphatic rings. The number of ketones is 1. The van der Waals surface area contributed by atoms with E-state index in [2.05, 4.69) is 0 Å². The molecule has 1 aromatic carbocycles. The van der Waals surface area contributed by atoms with Crippen molar-refractivity contribution in [2.75, 3.05) is 13.7 Å². The summed E-state index contributed by atoms with van der Waals surface area (Å²) < 4.78 is 16.7. The molecule has 0 spiro atoms. The van der Waals surface area contributed by atoms with Crippen LogP contribution >= 0.6 is 0 Å². The van der Waals surface area contributed by atoms with Gasteiger partial charge in [-0.3, -0.25) is 9.59 Å². The van der Waals surface area contributed by atoms with Gasteiger partial charge in [-0.1, -0.05) is 43.7 Å². The molecule has 3 rings (SSSR count). The highest BCUT2D eigenvalue weighted by Crippen LogP contribution is 2.35. The van der Waals surface area contributed by atoms with E-state index in [0.717, 1.165) is 21.6 Å². The fraction of sp³-hybridized carbons (Fsp3) is 0.519. The lowest BCUT2D eigenvalue weighted by Gasteiger charge is -2.31. The minimum Gasteiger partial charge on any atom is -0.457 e. The molecule has 1 aromatic heterocycles. The molecule has 0 aliphatic carbocycles. The van der Waals surface area contributed by atoms with Gasteiger partial charge in [0.05, 0.1) is 6.04 Å². The summed E-state index contributed by atoms with van der Waals surface area (Å²) in [6.07, 6.45) is -0.559. The van der Waals surface area contributed by atoms with Crippen LogP contribution in [0.3, 0.4) is 0 Å². The maximum atomic E-state index is 13.5. The highest BCUT2D eigenvalue weighted by atomic mass is 16.6. The molecule has 1 aliphatic heterocycles. The second-order valence-electron chi connectivity index (χ2n) is 9.85. The van der Waals surface area contributed by atoms with Crippen LogP contribution in [0, 0.1) is 12.8 Å². The van der Waals surface area contributed by atoms with Gasteiger partial charge >= 0.3 is 6.09 Å². The normalized spacial score (nSPS) is 18.1. The molecule has 190 valence electrons. The number of amides is 2. The quantitative estimate of drug-likeness (QED) is 0.299. The van der Waals surface area contributed by atoms with E-state index in [0.29, 0.717) is 25.0 Å². The number of rotatable bonds is 10. The molecule has 2 atom stereocenters. The second-order valence-corrected chi connectivity index (χ2v) is 9.85. The highest BCUT2D eigenvalue weighted by Gasteiger charge is 2.54. The number of aryl methyl sites for hydroxylation is 2. The Labute approximate surface area is 206 Å². The minimum atomic E-state index is -1.56. The highest BCUT2D eigenvalue weighted by molar-refractivity contribution is 6.14. The lowest BCUT2D eigenvalue weighted by molar-refractivity contribution is -0.138. The van der Waals surface area contributed by atoms with Gasteiger partial charge in [-0.2, -0.15) is 0 Å². The van der Waals surface area contributed by atoms with Crippen LogP contribution in [-0.4, -0.2) is 59.3 Å². The summed E-state index contributed by atoms with van der Waals surface area (Å²) in [7, 11) is 1.25. The summed E-state index contributed by atoms with van der Waals surface area (Å²) in [6.45, 7) is 9.29. The zero-order valence-electron chi connectivity index (χ0n) is 21.3. The van der Waals surface area contributed by atoms with Gasteiger partial charge in [0.2, 0.25) is 11.9 Å². The summed E-state index contributed by atoms with van der Waals surface area (Å²) in [4.78, 5) is 40.5. The number of methoxy groups -OCH3 is 1. The molecule has 0 saturated carbocycles. The van der Waals surface area contributed by atoms with Crippen molar-refractivity contribution in [2.45, 2.75) is 71.6 Å². The van der Waals surface area contributed by atoms with Crippen molar-refractivity contribution in [3.8, 4) is 11.1 Å². The smallest absolute Gasteiger partial charge is 0.417 e. The lowest BCUT2D eigenvalue weighted by Crippen LogP contribution is -2.53. The van der Waals surface area contributed by atoms with E-state index in [9.17, 15) is 14.4 Å². The zero-order valence-corrected chi connectivity index (χ0v) is 21.3. The molecule has 2 amide bonds. The van der Waals surface area contributed by atoms with E-state index in [1.807, 2.05) is 45.0 Å². The predicted octanol–water partition coefficient (Wildman–Crippen LogP) is 4.55. The monoisotopic (exact) mass is 485 g/mol. The molecule has 8 heteroatoms. The largest absolute Gasteiger partial charge is 0.457 e. The Morgan fingerprint density at radius 2 is 1.91 bits per heavy atom. The van der Waals surface area contributed by atoms with Crippen LogP contribution in [0.25, 0.3) is 11.1 Å². The number of furan rings is 1. The fourth-order valence-electron chi connectivity index (χ4n) is 4.85. The number of Topliss-reactive ketones (excluding diaryl/α,β-unsaturated/α-hetero) is 1. The lowest BCUT2D eigenvalue weighted by atomic mass is 9.88. The third kappa shape index (κ3) is 5.49. The first-order chi connectivity index (χ1) is 16.5. The van der Waals surface area contributed by atoms with E-state index in [1.165, 1.54) is 7.11 Å². The third-order valence-corrected chi connectivity index (χ3v) is 6.30. The second kappa shape index (κ2) is 10.7. The first-order valence-corrected chi connectivity index (χ1v) is 12.0. The fourth-order valence-corrected chi connectivity index (χ4v) is 4.85. The molecule has 1 N–H and O–H groups in total. The molecule has 1 saturated heterocycles. The molecule has 8 nitrogen and oxygen atoms in total. The first-order valence-electron chi connectivity index (χ1n) is 12.0. The number of imide groups is 1. The summed E-state index contributed by atoms with van der Waals surface area (Å²) in [5.41, 5.74) is 1.79. The van der Waals surface area contributed by atoms with Crippen molar-refractivity contribution in [3.05, 3.63) is 47.4 Å². The Bertz CT molecular complexity index is 1080. The maximum Gasteiger partial charge on any atom is 0.417 e. The number of nitrogens with zero attached hydrogens (tertiary/aromatic N) is 1. The number of ether oxygens (including phenoxy) is 2. The number of carbonyl (C=O) groups is 3. The molecule has 2 unspecified atom stereocenters. The molecule has 0 bridgehead atoms.